The number of hydrogen-bond donors (Lipinski definition) is 0. The van der Waals surface area contributed by atoms with Crippen LogP contribution in [0.25, 0.3) is 0 Å². The Morgan fingerprint density at radius 2 is 1.87 bits per heavy atom. The maximum Gasteiger partial charge on any atom is 0.238 e. The van der Waals surface area contributed by atoms with Gasteiger partial charge >= 0.3 is 0 Å². The molecule has 2 aromatic rings. The molecule has 0 aliphatic heterocycles. The summed E-state index contributed by atoms with van der Waals surface area (Å²) in [5.41, 5.74) is 0. The number of para-hydroxylation sites is 2. The molecule has 0 aliphatic carbocycles. The van der Waals surface area contributed by atoms with E-state index in [0.29, 0.717) is 17.4 Å². The molecule has 15 heavy (non-hydrogen) atoms. The molecule has 2 rings (SSSR count). The lowest BCUT2D eigenvalue weighted by molar-refractivity contribution is 0.373. The fourth-order valence-electron chi connectivity index (χ4n) is 1.15. The summed E-state index contributed by atoms with van der Waals surface area (Å²) in [6, 6.07) is 7.38. The average molecular weight is 202 g/mol. The number of nitrogens with zero attached hydrogens (tertiary/aromatic N) is 2. The van der Waals surface area contributed by atoms with Gasteiger partial charge in [-0.25, -0.2) is 4.98 Å². The van der Waals surface area contributed by atoms with E-state index < -0.39 is 0 Å². The van der Waals surface area contributed by atoms with Gasteiger partial charge in [0, 0.05) is 12.4 Å². The van der Waals surface area contributed by atoms with Crippen molar-refractivity contribution in [1.29, 1.82) is 0 Å². The first-order valence-electron chi connectivity index (χ1n) is 4.47. The molecule has 0 unspecified atom stereocenters. The van der Waals surface area contributed by atoms with E-state index in [4.69, 9.17) is 9.47 Å². The molecule has 0 spiro atoms. The maximum absolute atomic E-state index is 5.50. The first kappa shape index (κ1) is 9.45. The molecule has 0 atom stereocenters. The van der Waals surface area contributed by atoms with Gasteiger partial charge in [0.05, 0.1) is 13.3 Å². The third-order valence-corrected chi connectivity index (χ3v) is 1.82. The van der Waals surface area contributed by atoms with Gasteiger partial charge in [0.25, 0.3) is 0 Å². The summed E-state index contributed by atoms with van der Waals surface area (Å²) < 4.78 is 10.6. The Kier molecular flexibility index (Phi) is 2.78. The Morgan fingerprint density at radius 3 is 2.53 bits per heavy atom. The topological polar surface area (TPSA) is 44.2 Å². The van der Waals surface area contributed by atoms with Gasteiger partial charge in [0.2, 0.25) is 5.88 Å². The summed E-state index contributed by atoms with van der Waals surface area (Å²) in [5.74, 6) is 1.74. The molecule has 0 bridgehead atoms. The predicted molar refractivity (Wildman–Crippen MR) is 55.1 cm³/mol. The van der Waals surface area contributed by atoms with E-state index in [0.717, 1.165) is 0 Å². The molecule has 0 fully saturated rings. The second kappa shape index (κ2) is 4.41. The van der Waals surface area contributed by atoms with Gasteiger partial charge in [0.1, 0.15) is 0 Å². The van der Waals surface area contributed by atoms with Crippen molar-refractivity contribution >= 4 is 0 Å². The lowest BCUT2D eigenvalue weighted by Crippen LogP contribution is -1.91. The number of ether oxygens (including phenoxy) is 2. The van der Waals surface area contributed by atoms with E-state index >= 15 is 0 Å². The van der Waals surface area contributed by atoms with Crippen LogP contribution in [0.1, 0.15) is 0 Å². The van der Waals surface area contributed by atoms with Crippen molar-refractivity contribution < 1.29 is 9.47 Å². The van der Waals surface area contributed by atoms with Crippen molar-refractivity contribution in [2.24, 2.45) is 0 Å². The third-order valence-electron chi connectivity index (χ3n) is 1.82. The molecule has 0 saturated carbocycles. The van der Waals surface area contributed by atoms with Crippen LogP contribution < -0.4 is 9.47 Å². The molecule has 1 aromatic carbocycles. The molecule has 0 amide bonds. The summed E-state index contributed by atoms with van der Waals surface area (Å²) >= 11 is 0. The summed E-state index contributed by atoms with van der Waals surface area (Å²) in [6.45, 7) is 0. The van der Waals surface area contributed by atoms with E-state index in [1.807, 2.05) is 24.3 Å². The van der Waals surface area contributed by atoms with Crippen molar-refractivity contribution in [3.8, 4) is 17.4 Å². The summed E-state index contributed by atoms with van der Waals surface area (Å²) in [5, 5.41) is 0. The molecule has 4 nitrogen and oxygen atoms in total. The molecule has 1 heterocycles. The quantitative estimate of drug-likeness (QED) is 0.765. The lowest BCUT2D eigenvalue weighted by atomic mass is 10.3. The van der Waals surface area contributed by atoms with E-state index in [9.17, 15) is 0 Å². The zero-order valence-corrected chi connectivity index (χ0v) is 8.25. The highest BCUT2D eigenvalue weighted by molar-refractivity contribution is 5.41. The zero-order valence-electron chi connectivity index (χ0n) is 8.25. The number of rotatable bonds is 3. The molecule has 4 heteroatoms. The van der Waals surface area contributed by atoms with Gasteiger partial charge in [0.15, 0.2) is 11.5 Å². The Balaban J connectivity index is 2.24. The van der Waals surface area contributed by atoms with Crippen LogP contribution in [-0.4, -0.2) is 17.1 Å². The Labute approximate surface area is 87.5 Å². The van der Waals surface area contributed by atoms with Crippen molar-refractivity contribution in [2.75, 3.05) is 7.11 Å². The van der Waals surface area contributed by atoms with Gasteiger partial charge in [-0.15, -0.1) is 0 Å². The van der Waals surface area contributed by atoms with Crippen LogP contribution in [0.2, 0.25) is 0 Å². The van der Waals surface area contributed by atoms with Crippen molar-refractivity contribution in [3.63, 3.8) is 0 Å². The molecule has 1 aromatic heterocycles. The van der Waals surface area contributed by atoms with Gasteiger partial charge in [-0.3, -0.25) is 4.98 Å². The molecule has 0 aliphatic rings. The third kappa shape index (κ3) is 2.22. The van der Waals surface area contributed by atoms with Crippen molar-refractivity contribution in [3.05, 3.63) is 42.9 Å². The smallest absolute Gasteiger partial charge is 0.238 e. The molecule has 0 radical (unpaired) electrons. The fourth-order valence-corrected chi connectivity index (χ4v) is 1.15. The average Bonchev–Trinajstić information content (AvgIpc) is 2.31. The van der Waals surface area contributed by atoms with Crippen LogP contribution in [0.4, 0.5) is 0 Å². The highest BCUT2D eigenvalue weighted by Gasteiger charge is 2.04. The van der Waals surface area contributed by atoms with Crippen LogP contribution in [0.5, 0.6) is 17.4 Å². The van der Waals surface area contributed by atoms with Gasteiger partial charge in [-0.1, -0.05) is 12.1 Å². The molecule has 0 saturated heterocycles. The van der Waals surface area contributed by atoms with E-state index in [1.165, 1.54) is 0 Å². The summed E-state index contributed by atoms with van der Waals surface area (Å²) in [6.07, 6.45) is 4.71. The second-order valence-electron chi connectivity index (χ2n) is 2.80. The SMILES string of the molecule is COc1ccccc1Oc1cnccn1. The Bertz CT molecular complexity index is 432. The van der Waals surface area contributed by atoms with Crippen LogP contribution in [0.3, 0.4) is 0 Å². The highest BCUT2D eigenvalue weighted by Crippen LogP contribution is 2.29. The monoisotopic (exact) mass is 202 g/mol. The Hall–Kier alpha value is -2.10. The number of methoxy groups -OCH3 is 1. The van der Waals surface area contributed by atoms with Crippen molar-refractivity contribution in [2.45, 2.75) is 0 Å². The van der Waals surface area contributed by atoms with E-state index in [-0.39, 0.29) is 0 Å². The van der Waals surface area contributed by atoms with E-state index in [1.54, 1.807) is 25.7 Å². The summed E-state index contributed by atoms with van der Waals surface area (Å²) in [4.78, 5) is 7.92. The molecular formula is C11H10N2O2. The summed E-state index contributed by atoms with van der Waals surface area (Å²) in [7, 11) is 1.60. The molecule has 76 valence electrons. The van der Waals surface area contributed by atoms with Crippen LogP contribution in [0.15, 0.2) is 42.9 Å². The minimum Gasteiger partial charge on any atom is -0.493 e. The first-order valence-corrected chi connectivity index (χ1v) is 4.47. The van der Waals surface area contributed by atoms with Crippen LogP contribution >= 0.6 is 0 Å². The first-order chi connectivity index (χ1) is 7.40. The van der Waals surface area contributed by atoms with E-state index in [2.05, 4.69) is 9.97 Å². The molecular weight excluding hydrogens is 192 g/mol. The standard InChI is InChI=1S/C11H10N2O2/c1-14-9-4-2-3-5-10(9)15-11-8-12-6-7-13-11/h2-8H,1H3. The maximum atomic E-state index is 5.50. The number of benzene rings is 1. The highest BCUT2D eigenvalue weighted by atomic mass is 16.5. The lowest BCUT2D eigenvalue weighted by Gasteiger charge is -2.07. The van der Waals surface area contributed by atoms with Crippen LogP contribution in [0, 0.1) is 0 Å². The predicted octanol–water partition coefficient (Wildman–Crippen LogP) is 2.28. The number of aromatic nitrogens is 2. The van der Waals surface area contributed by atoms with Gasteiger partial charge in [-0.2, -0.15) is 0 Å². The Morgan fingerprint density at radius 1 is 1.07 bits per heavy atom. The normalized spacial score (nSPS) is 9.67. The second-order valence-corrected chi connectivity index (χ2v) is 2.80. The van der Waals surface area contributed by atoms with Crippen molar-refractivity contribution in [1.82, 2.24) is 9.97 Å². The minimum atomic E-state index is 0.446. The largest absolute Gasteiger partial charge is 0.493 e. The van der Waals surface area contributed by atoms with Gasteiger partial charge < -0.3 is 9.47 Å². The zero-order chi connectivity index (χ0) is 10.5. The minimum absolute atomic E-state index is 0.446. The van der Waals surface area contributed by atoms with Gasteiger partial charge in [-0.05, 0) is 12.1 Å². The fraction of sp³-hybridized carbons (Fsp3) is 0.0909. The van der Waals surface area contributed by atoms with Crippen LogP contribution in [-0.2, 0) is 0 Å². The number of hydrogen-bond acceptors (Lipinski definition) is 4. The molecule has 0 N–H and O–H groups in total.